The Morgan fingerprint density at radius 2 is 2.18 bits per heavy atom. The number of nitrogens with zero attached hydrogens (tertiary/aromatic N) is 2. The maximum atomic E-state index is 5.74. The van der Waals surface area contributed by atoms with Crippen molar-refractivity contribution >= 4 is 34.1 Å². The van der Waals surface area contributed by atoms with Gasteiger partial charge in [0.25, 0.3) is 0 Å². The number of rotatable bonds is 0. The first-order chi connectivity index (χ1) is 5.27. The third-order valence-electron chi connectivity index (χ3n) is 1.36. The molecule has 0 aliphatic heterocycles. The molecular formula is C6H3Cl2N3. The van der Waals surface area contributed by atoms with Gasteiger partial charge >= 0.3 is 0 Å². The van der Waals surface area contributed by atoms with E-state index >= 15 is 0 Å². The Labute approximate surface area is 72.3 Å². The second-order valence-corrected chi connectivity index (χ2v) is 2.83. The van der Waals surface area contributed by atoms with Crippen molar-refractivity contribution in [2.75, 3.05) is 0 Å². The Bertz CT molecular complexity index is 396. The quantitative estimate of drug-likeness (QED) is 0.644. The van der Waals surface area contributed by atoms with Crippen molar-refractivity contribution in [3.63, 3.8) is 0 Å². The molecule has 0 aromatic carbocycles. The van der Waals surface area contributed by atoms with E-state index in [4.69, 9.17) is 23.2 Å². The summed E-state index contributed by atoms with van der Waals surface area (Å²) in [6.07, 6.45) is 1.57. The van der Waals surface area contributed by atoms with Crippen molar-refractivity contribution < 1.29 is 0 Å². The summed E-state index contributed by atoms with van der Waals surface area (Å²) in [7, 11) is 0. The van der Waals surface area contributed by atoms with E-state index in [0.717, 1.165) is 10.9 Å². The van der Waals surface area contributed by atoms with Crippen molar-refractivity contribution in [1.82, 2.24) is 15.2 Å². The van der Waals surface area contributed by atoms with Crippen LogP contribution in [0.4, 0.5) is 0 Å². The largest absolute Gasteiger partial charge is 0.266 e. The number of aromatic nitrogens is 3. The molecule has 11 heavy (non-hydrogen) atoms. The number of hydrogen-bond donors (Lipinski definition) is 1. The van der Waals surface area contributed by atoms with Gasteiger partial charge in [-0.1, -0.05) is 23.2 Å². The average molecular weight is 188 g/mol. The Hall–Kier alpha value is -0.800. The molecular weight excluding hydrogens is 185 g/mol. The van der Waals surface area contributed by atoms with Gasteiger partial charge in [0.2, 0.25) is 0 Å². The number of hydrogen-bond acceptors (Lipinski definition) is 2. The molecule has 2 aromatic rings. The molecule has 0 unspecified atom stereocenters. The van der Waals surface area contributed by atoms with Crippen molar-refractivity contribution in [2.24, 2.45) is 0 Å². The molecule has 0 amide bonds. The Morgan fingerprint density at radius 3 is 3.00 bits per heavy atom. The molecule has 0 fully saturated rings. The highest BCUT2D eigenvalue weighted by Crippen LogP contribution is 2.21. The molecule has 3 nitrogen and oxygen atoms in total. The highest BCUT2D eigenvalue weighted by Gasteiger charge is 2.02. The van der Waals surface area contributed by atoms with Crippen LogP contribution >= 0.6 is 23.2 Å². The first kappa shape index (κ1) is 6.88. The van der Waals surface area contributed by atoms with E-state index in [0.29, 0.717) is 10.3 Å². The first-order valence-corrected chi connectivity index (χ1v) is 3.68. The van der Waals surface area contributed by atoms with Crippen molar-refractivity contribution in [3.8, 4) is 0 Å². The van der Waals surface area contributed by atoms with Crippen LogP contribution in [-0.4, -0.2) is 15.2 Å². The number of H-pyrrole nitrogens is 1. The van der Waals surface area contributed by atoms with Crippen molar-refractivity contribution in [3.05, 3.63) is 22.6 Å². The van der Waals surface area contributed by atoms with Crippen LogP contribution in [-0.2, 0) is 0 Å². The molecule has 0 spiro atoms. The van der Waals surface area contributed by atoms with Crippen LogP contribution in [0.15, 0.2) is 12.3 Å². The maximum absolute atomic E-state index is 5.74. The molecule has 0 radical (unpaired) electrons. The lowest BCUT2D eigenvalue weighted by molar-refractivity contribution is 1.11. The third kappa shape index (κ3) is 1.06. The van der Waals surface area contributed by atoms with E-state index in [-0.39, 0.29) is 0 Å². The van der Waals surface area contributed by atoms with Crippen LogP contribution in [0, 0.1) is 0 Å². The summed E-state index contributed by atoms with van der Waals surface area (Å²) in [5.74, 6) is 0. The van der Waals surface area contributed by atoms with E-state index in [1.54, 1.807) is 12.3 Å². The minimum atomic E-state index is 0.417. The van der Waals surface area contributed by atoms with E-state index in [9.17, 15) is 0 Å². The fourth-order valence-electron chi connectivity index (χ4n) is 0.857. The van der Waals surface area contributed by atoms with Gasteiger partial charge in [0.15, 0.2) is 0 Å². The highest BCUT2D eigenvalue weighted by atomic mass is 35.5. The van der Waals surface area contributed by atoms with Crippen LogP contribution in [0.3, 0.4) is 0 Å². The molecule has 0 aliphatic rings. The molecule has 1 N–H and O–H groups in total. The van der Waals surface area contributed by atoms with Gasteiger partial charge in [-0.2, -0.15) is 5.10 Å². The topological polar surface area (TPSA) is 41.6 Å². The fraction of sp³-hybridized carbons (Fsp3) is 0. The van der Waals surface area contributed by atoms with E-state index in [1.807, 2.05) is 0 Å². The number of nitrogens with one attached hydrogen (secondary N) is 1. The third-order valence-corrected chi connectivity index (χ3v) is 1.86. The monoisotopic (exact) mass is 187 g/mol. The molecule has 2 heterocycles. The lowest BCUT2D eigenvalue weighted by Crippen LogP contribution is -1.73. The molecule has 0 aliphatic carbocycles. The van der Waals surface area contributed by atoms with Crippen LogP contribution in [0.25, 0.3) is 10.9 Å². The summed E-state index contributed by atoms with van der Waals surface area (Å²) in [4.78, 5) is 3.84. The zero-order chi connectivity index (χ0) is 7.84. The molecule has 0 atom stereocenters. The molecule has 2 rings (SSSR count). The van der Waals surface area contributed by atoms with Crippen LogP contribution in [0.1, 0.15) is 0 Å². The van der Waals surface area contributed by atoms with E-state index in [2.05, 4.69) is 15.2 Å². The minimum absolute atomic E-state index is 0.417. The maximum Gasteiger partial charge on any atom is 0.132 e. The number of aromatic amines is 1. The normalized spacial score (nSPS) is 10.7. The summed E-state index contributed by atoms with van der Waals surface area (Å²) < 4.78 is 0. The zero-order valence-corrected chi connectivity index (χ0v) is 6.82. The van der Waals surface area contributed by atoms with Gasteiger partial charge in [0, 0.05) is 5.39 Å². The zero-order valence-electron chi connectivity index (χ0n) is 5.31. The van der Waals surface area contributed by atoms with Crippen LogP contribution < -0.4 is 0 Å². The Kier molecular flexibility index (Phi) is 1.47. The van der Waals surface area contributed by atoms with Gasteiger partial charge in [-0.05, 0) is 6.07 Å². The van der Waals surface area contributed by atoms with Gasteiger partial charge < -0.3 is 0 Å². The first-order valence-electron chi connectivity index (χ1n) is 2.92. The van der Waals surface area contributed by atoms with Crippen molar-refractivity contribution in [1.29, 1.82) is 0 Å². The second-order valence-electron chi connectivity index (χ2n) is 2.06. The summed E-state index contributed by atoms with van der Waals surface area (Å²) in [5.41, 5.74) is 0.722. The Morgan fingerprint density at radius 1 is 1.36 bits per heavy atom. The number of halogens is 2. The average Bonchev–Trinajstić information content (AvgIpc) is 2.33. The lowest BCUT2D eigenvalue weighted by Gasteiger charge is -1.87. The standard InChI is InChI=1S/C6H3Cl2N3/c7-5-1-3-4(2-9-5)10-11-6(3)8/h1-2H,(H,10,11). The summed E-state index contributed by atoms with van der Waals surface area (Å²) in [6, 6.07) is 1.67. The smallest absolute Gasteiger partial charge is 0.132 e. The highest BCUT2D eigenvalue weighted by molar-refractivity contribution is 6.35. The predicted octanol–water partition coefficient (Wildman–Crippen LogP) is 2.26. The minimum Gasteiger partial charge on any atom is -0.266 e. The van der Waals surface area contributed by atoms with E-state index < -0.39 is 0 Å². The van der Waals surface area contributed by atoms with Gasteiger partial charge in [-0.25, -0.2) is 4.98 Å². The number of pyridine rings is 1. The Balaban J connectivity index is 2.87. The number of fused-ring (bicyclic) bond motifs is 1. The van der Waals surface area contributed by atoms with Crippen LogP contribution in [0.2, 0.25) is 10.3 Å². The van der Waals surface area contributed by atoms with E-state index in [1.165, 1.54) is 0 Å². The van der Waals surface area contributed by atoms with Crippen molar-refractivity contribution in [2.45, 2.75) is 0 Å². The fourth-order valence-corrected chi connectivity index (χ4v) is 1.21. The molecule has 5 heteroatoms. The van der Waals surface area contributed by atoms with Gasteiger partial charge in [-0.15, -0.1) is 0 Å². The summed E-state index contributed by atoms with van der Waals surface area (Å²) in [5, 5.41) is 8.21. The lowest BCUT2D eigenvalue weighted by atomic mass is 10.3. The van der Waals surface area contributed by atoms with Crippen LogP contribution in [0.5, 0.6) is 0 Å². The molecule has 56 valence electrons. The summed E-state index contributed by atoms with van der Waals surface area (Å²) in [6.45, 7) is 0. The summed E-state index contributed by atoms with van der Waals surface area (Å²) >= 11 is 11.4. The second kappa shape index (κ2) is 2.36. The molecule has 0 saturated carbocycles. The van der Waals surface area contributed by atoms with Gasteiger partial charge in [-0.3, -0.25) is 5.10 Å². The van der Waals surface area contributed by atoms with Gasteiger partial charge in [0.1, 0.15) is 15.8 Å². The molecule has 2 aromatic heterocycles. The molecule has 0 bridgehead atoms. The SMILES string of the molecule is Clc1cc2c(Cl)[nH]nc2cn1. The van der Waals surface area contributed by atoms with Gasteiger partial charge in [0.05, 0.1) is 6.20 Å². The predicted molar refractivity (Wildman–Crippen MR) is 43.9 cm³/mol. The molecule has 0 saturated heterocycles.